The summed E-state index contributed by atoms with van der Waals surface area (Å²) in [6.07, 6.45) is 1.73. The second kappa shape index (κ2) is 7.31. The number of thioether (sulfide) groups is 1. The van der Waals surface area contributed by atoms with Crippen molar-refractivity contribution >= 4 is 11.8 Å². The van der Waals surface area contributed by atoms with Gasteiger partial charge in [0.05, 0.1) is 11.8 Å². The van der Waals surface area contributed by atoms with Gasteiger partial charge in [-0.2, -0.15) is 16.7 Å². The molecular weight excluding hydrogens is 258 g/mol. The first-order valence-electron chi connectivity index (χ1n) is 6.49. The Labute approximate surface area is 117 Å². The molecule has 0 saturated carbocycles. The first kappa shape index (κ1) is 14.1. The summed E-state index contributed by atoms with van der Waals surface area (Å²) in [7, 11) is 0. The SMILES string of the molecule is CCSCc1noc(C(N)CCc2ccccc2)n1. The first-order valence-corrected chi connectivity index (χ1v) is 7.64. The van der Waals surface area contributed by atoms with Crippen LogP contribution in [0.1, 0.15) is 36.7 Å². The Morgan fingerprint density at radius 3 is 2.84 bits per heavy atom. The fourth-order valence-corrected chi connectivity index (χ4v) is 2.26. The topological polar surface area (TPSA) is 64.9 Å². The van der Waals surface area contributed by atoms with Crippen LogP contribution in [0.4, 0.5) is 0 Å². The molecule has 0 bridgehead atoms. The van der Waals surface area contributed by atoms with E-state index in [1.54, 1.807) is 11.8 Å². The minimum atomic E-state index is -0.187. The fourth-order valence-electron chi connectivity index (χ4n) is 1.76. The summed E-state index contributed by atoms with van der Waals surface area (Å²) in [6.45, 7) is 2.11. The molecule has 0 radical (unpaired) electrons. The molecule has 102 valence electrons. The fraction of sp³-hybridized carbons (Fsp3) is 0.429. The largest absolute Gasteiger partial charge is 0.338 e. The van der Waals surface area contributed by atoms with Gasteiger partial charge in [-0.15, -0.1) is 0 Å². The van der Waals surface area contributed by atoms with E-state index in [9.17, 15) is 0 Å². The zero-order chi connectivity index (χ0) is 13.5. The summed E-state index contributed by atoms with van der Waals surface area (Å²) in [5.41, 5.74) is 7.36. The third-order valence-electron chi connectivity index (χ3n) is 2.82. The molecular formula is C14H19N3OS. The van der Waals surface area contributed by atoms with Crippen LogP contribution in [0.3, 0.4) is 0 Å². The van der Waals surface area contributed by atoms with Crippen LogP contribution in [-0.2, 0) is 12.2 Å². The molecule has 0 aliphatic rings. The minimum Gasteiger partial charge on any atom is -0.338 e. The number of nitrogens with zero attached hydrogens (tertiary/aromatic N) is 2. The lowest BCUT2D eigenvalue weighted by molar-refractivity contribution is 0.346. The van der Waals surface area contributed by atoms with Gasteiger partial charge < -0.3 is 10.3 Å². The normalized spacial score (nSPS) is 12.5. The zero-order valence-electron chi connectivity index (χ0n) is 11.1. The van der Waals surface area contributed by atoms with Gasteiger partial charge in [-0.3, -0.25) is 0 Å². The number of benzene rings is 1. The Morgan fingerprint density at radius 1 is 1.32 bits per heavy atom. The summed E-state index contributed by atoms with van der Waals surface area (Å²) in [6, 6.07) is 10.1. The average Bonchev–Trinajstić information content (AvgIpc) is 2.92. The van der Waals surface area contributed by atoms with Crippen LogP contribution < -0.4 is 5.73 Å². The van der Waals surface area contributed by atoms with Crippen molar-refractivity contribution in [1.29, 1.82) is 0 Å². The van der Waals surface area contributed by atoms with Crippen molar-refractivity contribution < 1.29 is 4.52 Å². The van der Waals surface area contributed by atoms with Gasteiger partial charge in [-0.05, 0) is 24.2 Å². The van der Waals surface area contributed by atoms with E-state index in [2.05, 4.69) is 29.2 Å². The molecule has 5 heteroatoms. The van der Waals surface area contributed by atoms with Gasteiger partial charge in [0.2, 0.25) is 5.89 Å². The average molecular weight is 277 g/mol. The van der Waals surface area contributed by atoms with Crippen LogP contribution in [0.5, 0.6) is 0 Å². The van der Waals surface area contributed by atoms with Crippen LogP contribution in [-0.4, -0.2) is 15.9 Å². The van der Waals surface area contributed by atoms with E-state index in [-0.39, 0.29) is 6.04 Å². The molecule has 0 fully saturated rings. The van der Waals surface area contributed by atoms with Crippen molar-refractivity contribution in [1.82, 2.24) is 10.1 Å². The van der Waals surface area contributed by atoms with E-state index in [4.69, 9.17) is 10.3 Å². The highest BCUT2D eigenvalue weighted by Gasteiger charge is 2.14. The van der Waals surface area contributed by atoms with Crippen molar-refractivity contribution in [3.63, 3.8) is 0 Å². The minimum absolute atomic E-state index is 0.187. The maximum atomic E-state index is 6.08. The van der Waals surface area contributed by atoms with Gasteiger partial charge >= 0.3 is 0 Å². The number of hydrogen-bond acceptors (Lipinski definition) is 5. The number of hydrogen-bond donors (Lipinski definition) is 1. The van der Waals surface area contributed by atoms with Crippen LogP contribution in [0, 0.1) is 0 Å². The smallest absolute Gasteiger partial charge is 0.243 e. The number of aryl methyl sites for hydroxylation is 1. The Morgan fingerprint density at radius 2 is 2.11 bits per heavy atom. The molecule has 0 aliphatic carbocycles. The van der Waals surface area contributed by atoms with Gasteiger partial charge in [0, 0.05) is 0 Å². The van der Waals surface area contributed by atoms with Gasteiger partial charge in [0.1, 0.15) is 0 Å². The standard InChI is InChI=1S/C14H19N3OS/c1-2-19-10-13-16-14(18-17-13)12(15)9-8-11-6-4-3-5-7-11/h3-7,12H,2,8-10,15H2,1H3. The van der Waals surface area contributed by atoms with Crippen LogP contribution in [0.2, 0.25) is 0 Å². The molecule has 2 N–H and O–H groups in total. The molecule has 1 unspecified atom stereocenters. The highest BCUT2D eigenvalue weighted by atomic mass is 32.2. The molecule has 0 aliphatic heterocycles. The highest BCUT2D eigenvalue weighted by Crippen LogP contribution is 2.16. The second-order valence-electron chi connectivity index (χ2n) is 4.32. The maximum absolute atomic E-state index is 6.08. The molecule has 1 aromatic heterocycles. The van der Waals surface area contributed by atoms with E-state index in [1.165, 1.54) is 5.56 Å². The monoisotopic (exact) mass is 277 g/mol. The quantitative estimate of drug-likeness (QED) is 0.843. The molecule has 0 spiro atoms. The lowest BCUT2D eigenvalue weighted by atomic mass is 10.1. The Hall–Kier alpha value is -1.33. The van der Waals surface area contributed by atoms with Gasteiger partial charge in [0.25, 0.3) is 0 Å². The van der Waals surface area contributed by atoms with Crippen LogP contribution >= 0.6 is 11.8 Å². The summed E-state index contributed by atoms with van der Waals surface area (Å²) < 4.78 is 5.21. The molecule has 2 rings (SSSR count). The van der Waals surface area contributed by atoms with Crippen molar-refractivity contribution in [2.45, 2.75) is 31.6 Å². The first-order chi connectivity index (χ1) is 9.29. The lowest BCUT2D eigenvalue weighted by Gasteiger charge is -2.06. The molecule has 19 heavy (non-hydrogen) atoms. The van der Waals surface area contributed by atoms with Gasteiger partial charge in [0.15, 0.2) is 5.82 Å². The van der Waals surface area contributed by atoms with Gasteiger partial charge in [-0.25, -0.2) is 0 Å². The molecule has 2 aromatic rings. The predicted molar refractivity (Wildman–Crippen MR) is 77.8 cm³/mol. The Kier molecular flexibility index (Phi) is 5.42. The Bertz CT molecular complexity index is 486. The van der Waals surface area contributed by atoms with E-state index in [1.807, 2.05) is 18.2 Å². The Balaban J connectivity index is 1.85. The van der Waals surface area contributed by atoms with Crippen LogP contribution in [0.15, 0.2) is 34.9 Å². The van der Waals surface area contributed by atoms with Crippen LogP contribution in [0.25, 0.3) is 0 Å². The zero-order valence-corrected chi connectivity index (χ0v) is 11.9. The molecule has 1 heterocycles. The van der Waals surface area contributed by atoms with E-state index in [0.717, 1.165) is 30.2 Å². The lowest BCUT2D eigenvalue weighted by Crippen LogP contribution is -2.11. The molecule has 0 saturated heterocycles. The van der Waals surface area contributed by atoms with Crippen molar-refractivity contribution in [2.24, 2.45) is 5.73 Å². The molecule has 1 aromatic carbocycles. The summed E-state index contributed by atoms with van der Waals surface area (Å²) >= 11 is 1.77. The second-order valence-corrected chi connectivity index (χ2v) is 5.59. The maximum Gasteiger partial charge on any atom is 0.243 e. The van der Waals surface area contributed by atoms with Crippen molar-refractivity contribution in [3.8, 4) is 0 Å². The summed E-state index contributed by atoms with van der Waals surface area (Å²) in [5, 5.41) is 3.94. The van der Waals surface area contributed by atoms with Crippen molar-refractivity contribution in [2.75, 3.05) is 5.75 Å². The highest BCUT2D eigenvalue weighted by molar-refractivity contribution is 7.98. The molecule has 0 amide bonds. The number of rotatable bonds is 7. The number of nitrogens with two attached hydrogens (primary N) is 1. The number of aromatic nitrogens is 2. The van der Waals surface area contributed by atoms with E-state index < -0.39 is 0 Å². The van der Waals surface area contributed by atoms with E-state index in [0.29, 0.717) is 5.89 Å². The van der Waals surface area contributed by atoms with Gasteiger partial charge in [-0.1, -0.05) is 42.4 Å². The molecule has 4 nitrogen and oxygen atoms in total. The predicted octanol–water partition coefficient (Wildman–Crippen LogP) is 2.96. The van der Waals surface area contributed by atoms with E-state index >= 15 is 0 Å². The summed E-state index contributed by atoms with van der Waals surface area (Å²) in [5.74, 6) is 3.11. The molecule has 1 atom stereocenters. The summed E-state index contributed by atoms with van der Waals surface area (Å²) in [4.78, 5) is 4.34. The third kappa shape index (κ3) is 4.36. The third-order valence-corrected chi connectivity index (χ3v) is 3.69. The van der Waals surface area contributed by atoms with Crippen molar-refractivity contribution in [3.05, 3.63) is 47.6 Å².